The molecule has 0 saturated heterocycles. The van der Waals surface area contributed by atoms with Crippen molar-refractivity contribution in [1.29, 1.82) is 0 Å². The molecule has 0 unspecified atom stereocenters. The van der Waals surface area contributed by atoms with Gasteiger partial charge in [0.15, 0.2) is 0 Å². The van der Waals surface area contributed by atoms with Crippen LogP contribution in [0.3, 0.4) is 0 Å². The molecule has 0 aliphatic heterocycles. The third-order valence-corrected chi connectivity index (χ3v) is 2.16. The summed E-state index contributed by atoms with van der Waals surface area (Å²) >= 11 is 0. The Labute approximate surface area is 107 Å². The van der Waals surface area contributed by atoms with Gasteiger partial charge in [-0.2, -0.15) is 0 Å². The molecule has 1 rings (SSSR count). The number of anilines is 2. The highest BCUT2D eigenvalue weighted by molar-refractivity contribution is 5.71. The highest BCUT2D eigenvalue weighted by atomic mass is 16.5. The Morgan fingerprint density at radius 2 is 2.11 bits per heavy atom. The fourth-order valence-electron chi connectivity index (χ4n) is 1.42. The molecule has 0 fully saturated rings. The molecule has 0 radical (unpaired) electrons. The fraction of sp³-hybridized carbons (Fsp3) is 0.417. The number of carbonyl (C=O) groups is 1. The van der Waals surface area contributed by atoms with Crippen LogP contribution >= 0.6 is 0 Å². The van der Waals surface area contributed by atoms with Crippen LogP contribution in [0.15, 0.2) is 18.2 Å². The number of benzene rings is 1. The summed E-state index contributed by atoms with van der Waals surface area (Å²) in [6.45, 7) is 3.72. The minimum Gasteiger partial charge on any atom is -0.493 e. The lowest BCUT2D eigenvalue weighted by Crippen LogP contribution is -2.33. The number of amides is 2. The molecule has 6 heteroatoms. The number of carbonyl (C=O) groups excluding carboxylic acids is 1. The Balaban J connectivity index is 2.48. The van der Waals surface area contributed by atoms with Gasteiger partial charge < -0.3 is 26.8 Å². The molecule has 0 bridgehead atoms. The van der Waals surface area contributed by atoms with Crippen molar-refractivity contribution in [3.8, 4) is 5.75 Å². The molecule has 0 aliphatic carbocycles. The molecular formula is C12H20N4O2. The number of hydrogen-bond acceptors (Lipinski definition) is 4. The second kappa shape index (κ2) is 7.26. The quantitative estimate of drug-likeness (QED) is 0.431. The van der Waals surface area contributed by atoms with Crippen molar-refractivity contribution in [1.82, 2.24) is 5.32 Å². The number of primary amides is 1. The highest BCUT2D eigenvalue weighted by Gasteiger charge is 2.00. The summed E-state index contributed by atoms with van der Waals surface area (Å²) in [6, 6.07) is 4.93. The van der Waals surface area contributed by atoms with Gasteiger partial charge in [-0.25, -0.2) is 4.79 Å². The Hall–Kier alpha value is -2.11. The molecule has 0 heterocycles. The Morgan fingerprint density at radius 1 is 1.33 bits per heavy atom. The van der Waals surface area contributed by atoms with Gasteiger partial charge in [0.25, 0.3) is 0 Å². The molecule has 0 aliphatic rings. The Morgan fingerprint density at radius 3 is 2.78 bits per heavy atom. The van der Waals surface area contributed by atoms with E-state index in [1.165, 1.54) is 0 Å². The van der Waals surface area contributed by atoms with Crippen LogP contribution in [0, 0.1) is 0 Å². The minimum atomic E-state index is -0.531. The summed E-state index contributed by atoms with van der Waals surface area (Å²) in [5, 5.41) is 5.62. The van der Waals surface area contributed by atoms with E-state index in [0.717, 1.165) is 17.9 Å². The van der Waals surface area contributed by atoms with Crippen LogP contribution in [0.25, 0.3) is 0 Å². The zero-order valence-electron chi connectivity index (χ0n) is 10.5. The minimum absolute atomic E-state index is 0.454. The van der Waals surface area contributed by atoms with Crippen LogP contribution < -0.4 is 26.8 Å². The maximum Gasteiger partial charge on any atom is 0.312 e. The van der Waals surface area contributed by atoms with Gasteiger partial charge in [0.05, 0.1) is 6.61 Å². The average Bonchev–Trinajstić information content (AvgIpc) is 2.31. The third kappa shape index (κ3) is 5.29. The van der Waals surface area contributed by atoms with Crippen LogP contribution in [0.2, 0.25) is 0 Å². The van der Waals surface area contributed by atoms with E-state index in [1.807, 2.05) is 19.1 Å². The van der Waals surface area contributed by atoms with Gasteiger partial charge in [0.1, 0.15) is 5.75 Å². The molecule has 0 spiro atoms. The Kier molecular flexibility index (Phi) is 5.63. The van der Waals surface area contributed by atoms with Gasteiger partial charge in [-0.15, -0.1) is 0 Å². The SMILES string of the molecule is CCCOc1cc(N)cc(NCCNC(N)=O)c1. The number of ether oxygens (including phenoxy) is 1. The number of nitrogen functional groups attached to an aromatic ring is 1. The van der Waals surface area contributed by atoms with Crippen molar-refractivity contribution >= 4 is 17.4 Å². The van der Waals surface area contributed by atoms with Crippen molar-refractivity contribution in [3.05, 3.63) is 18.2 Å². The first-order valence-corrected chi connectivity index (χ1v) is 5.92. The normalized spacial score (nSPS) is 9.83. The van der Waals surface area contributed by atoms with Gasteiger partial charge >= 0.3 is 6.03 Å². The number of urea groups is 1. The van der Waals surface area contributed by atoms with E-state index in [1.54, 1.807) is 6.07 Å². The van der Waals surface area contributed by atoms with Crippen molar-refractivity contribution < 1.29 is 9.53 Å². The second-order valence-corrected chi connectivity index (χ2v) is 3.86. The first-order chi connectivity index (χ1) is 8.61. The van der Waals surface area contributed by atoms with E-state index in [-0.39, 0.29) is 0 Å². The third-order valence-electron chi connectivity index (χ3n) is 2.16. The smallest absolute Gasteiger partial charge is 0.312 e. The standard InChI is InChI=1S/C12H20N4O2/c1-2-5-18-11-7-9(13)6-10(8-11)15-3-4-16-12(14)17/h6-8,15H,2-5,13H2,1H3,(H3,14,16,17). The summed E-state index contributed by atoms with van der Waals surface area (Å²) < 4.78 is 5.51. The summed E-state index contributed by atoms with van der Waals surface area (Å²) in [4.78, 5) is 10.5. The van der Waals surface area contributed by atoms with Gasteiger partial charge in [0, 0.05) is 36.6 Å². The van der Waals surface area contributed by atoms with Crippen molar-refractivity contribution in [2.75, 3.05) is 30.7 Å². The first-order valence-electron chi connectivity index (χ1n) is 5.92. The van der Waals surface area contributed by atoms with E-state index in [4.69, 9.17) is 16.2 Å². The molecule has 18 heavy (non-hydrogen) atoms. The molecule has 2 amide bonds. The lowest BCUT2D eigenvalue weighted by molar-refractivity contribution is 0.249. The van der Waals surface area contributed by atoms with Crippen LogP contribution in [0.5, 0.6) is 5.75 Å². The summed E-state index contributed by atoms with van der Waals surface area (Å²) in [6.07, 6.45) is 0.945. The Bertz CT molecular complexity index is 396. The average molecular weight is 252 g/mol. The van der Waals surface area contributed by atoms with Gasteiger partial charge in [-0.1, -0.05) is 6.92 Å². The topological polar surface area (TPSA) is 102 Å². The monoisotopic (exact) mass is 252 g/mol. The van der Waals surface area contributed by atoms with Gasteiger partial charge in [-0.05, 0) is 12.5 Å². The zero-order chi connectivity index (χ0) is 13.4. The summed E-state index contributed by atoms with van der Waals surface area (Å²) in [7, 11) is 0. The molecular weight excluding hydrogens is 232 g/mol. The predicted molar refractivity (Wildman–Crippen MR) is 72.7 cm³/mol. The summed E-state index contributed by atoms with van der Waals surface area (Å²) in [5.74, 6) is 0.738. The summed E-state index contributed by atoms with van der Waals surface area (Å²) in [5.41, 5.74) is 12.2. The molecule has 100 valence electrons. The van der Waals surface area contributed by atoms with Crippen molar-refractivity contribution in [2.24, 2.45) is 5.73 Å². The van der Waals surface area contributed by atoms with Crippen molar-refractivity contribution in [3.63, 3.8) is 0 Å². The van der Waals surface area contributed by atoms with E-state index in [9.17, 15) is 4.79 Å². The van der Waals surface area contributed by atoms with Crippen LogP contribution in [-0.2, 0) is 0 Å². The largest absolute Gasteiger partial charge is 0.493 e. The van der Waals surface area contributed by atoms with E-state index < -0.39 is 6.03 Å². The lowest BCUT2D eigenvalue weighted by Gasteiger charge is -2.11. The van der Waals surface area contributed by atoms with E-state index in [0.29, 0.717) is 25.4 Å². The molecule has 1 aromatic carbocycles. The van der Waals surface area contributed by atoms with Crippen LogP contribution in [0.1, 0.15) is 13.3 Å². The lowest BCUT2D eigenvalue weighted by atomic mass is 10.2. The van der Waals surface area contributed by atoms with E-state index >= 15 is 0 Å². The highest BCUT2D eigenvalue weighted by Crippen LogP contribution is 2.22. The molecule has 1 aromatic rings. The fourth-order valence-corrected chi connectivity index (χ4v) is 1.42. The van der Waals surface area contributed by atoms with Gasteiger partial charge in [0.2, 0.25) is 0 Å². The molecule has 6 N–H and O–H groups in total. The number of hydrogen-bond donors (Lipinski definition) is 4. The van der Waals surface area contributed by atoms with Crippen molar-refractivity contribution in [2.45, 2.75) is 13.3 Å². The number of nitrogens with one attached hydrogen (secondary N) is 2. The molecule has 0 atom stereocenters. The predicted octanol–water partition coefficient (Wildman–Crippen LogP) is 1.14. The first kappa shape index (κ1) is 14.0. The van der Waals surface area contributed by atoms with Crippen LogP contribution in [0.4, 0.5) is 16.2 Å². The van der Waals surface area contributed by atoms with Gasteiger partial charge in [-0.3, -0.25) is 0 Å². The number of rotatable bonds is 7. The second-order valence-electron chi connectivity index (χ2n) is 3.86. The zero-order valence-corrected chi connectivity index (χ0v) is 10.5. The number of nitrogens with two attached hydrogens (primary N) is 2. The maximum atomic E-state index is 10.5. The molecule has 6 nitrogen and oxygen atoms in total. The van der Waals surface area contributed by atoms with E-state index in [2.05, 4.69) is 10.6 Å². The molecule has 0 aromatic heterocycles. The maximum absolute atomic E-state index is 10.5. The van der Waals surface area contributed by atoms with Crippen LogP contribution in [-0.4, -0.2) is 25.7 Å². The molecule has 0 saturated carbocycles.